The average Bonchev–Trinajstić information content (AvgIpc) is 2.65. The van der Waals surface area contributed by atoms with Crippen LogP contribution in [-0.4, -0.2) is 0 Å². The van der Waals surface area contributed by atoms with Gasteiger partial charge in [-0.15, -0.1) is 0 Å². The van der Waals surface area contributed by atoms with Crippen molar-refractivity contribution in [3.63, 3.8) is 0 Å². The SMILES string of the molecule is CCCCCCc1ccccc1Cc1ccccc1CCCCCC. The first-order valence-corrected chi connectivity index (χ1v) is 10.5. The van der Waals surface area contributed by atoms with Gasteiger partial charge in [0.05, 0.1) is 0 Å². The van der Waals surface area contributed by atoms with Crippen LogP contribution in [0.15, 0.2) is 48.5 Å². The van der Waals surface area contributed by atoms with Crippen molar-refractivity contribution in [2.75, 3.05) is 0 Å². The van der Waals surface area contributed by atoms with Gasteiger partial charge in [0, 0.05) is 0 Å². The van der Waals surface area contributed by atoms with Crippen molar-refractivity contribution in [3.8, 4) is 0 Å². The second-order valence-electron chi connectivity index (χ2n) is 7.34. The molecule has 2 aromatic carbocycles. The van der Waals surface area contributed by atoms with Gasteiger partial charge in [-0.05, 0) is 54.4 Å². The molecule has 0 unspecified atom stereocenters. The van der Waals surface area contributed by atoms with E-state index in [1.165, 1.54) is 75.3 Å². The minimum atomic E-state index is 1.09. The van der Waals surface area contributed by atoms with E-state index in [-0.39, 0.29) is 0 Å². The Morgan fingerprint density at radius 2 is 0.880 bits per heavy atom. The van der Waals surface area contributed by atoms with E-state index in [0.717, 1.165) is 6.42 Å². The number of hydrogen-bond acceptors (Lipinski definition) is 0. The maximum atomic E-state index is 2.34. The van der Waals surface area contributed by atoms with Crippen molar-refractivity contribution in [2.45, 2.75) is 84.5 Å². The molecule has 25 heavy (non-hydrogen) atoms. The molecule has 0 aliphatic carbocycles. The van der Waals surface area contributed by atoms with Gasteiger partial charge < -0.3 is 0 Å². The lowest BCUT2D eigenvalue weighted by atomic mass is 9.92. The second kappa shape index (κ2) is 11.9. The van der Waals surface area contributed by atoms with Gasteiger partial charge in [0.15, 0.2) is 0 Å². The summed E-state index contributed by atoms with van der Waals surface area (Å²) < 4.78 is 0. The maximum absolute atomic E-state index is 2.34. The number of unbranched alkanes of at least 4 members (excludes halogenated alkanes) is 6. The zero-order valence-corrected chi connectivity index (χ0v) is 16.4. The van der Waals surface area contributed by atoms with Gasteiger partial charge in [0.25, 0.3) is 0 Å². The Balaban J connectivity index is 2.01. The molecule has 0 aromatic heterocycles. The Labute approximate surface area is 155 Å². The summed E-state index contributed by atoms with van der Waals surface area (Å²) in [7, 11) is 0. The molecule has 0 aliphatic rings. The van der Waals surface area contributed by atoms with Crippen LogP contribution < -0.4 is 0 Å². The summed E-state index contributed by atoms with van der Waals surface area (Å²) in [4.78, 5) is 0. The topological polar surface area (TPSA) is 0 Å². The van der Waals surface area contributed by atoms with Crippen molar-refractivity contribution in [2.24, 2.45) is 0 Å². The minimum absolute atomic E-state index is 1.09. The fourth-order valence-electron chi connectivity index (χ4n) is 3.64. The highest BCUT2D eigenvalue weighted by molar-refractivity contribution is 5.36. The van der Waals surface area contributed by atoms with Crippen LogP contribution in [0.2, 0.25) is 0 Å². The molecule has 0 saturated carbocycles. The Morgan fingerprint density at radius 1 is 0.480 bits per heavy atom. The van der Waals surface area contributed by atoms with Crippen LogP contribution in [0.4, 0.5) is 0 Å². The molecule has 0 radical (unpaired) electrons. The average molecular weight is 337 g/mol. The zero-order chi connectivity index (χ0) is 17.7. The summed E-state index contributed by atoms with van der Waals surface area (Å²) in [6.45, 7) is 4.57. The molecule has 2 rings (SSSR count). The molecule has 136 valence electrons. The lowest BCUT2D eigenvalue weighted by Gasteiger charge is -2.13. The monoisotopic (exact) mass is 336 g/mol. The van der Waals surface area contributed by atoms with Crippen LogP contribution in [0.1, 0.15) is 87.5 Å². The van der Waals surface area contributed by atoms with Crippen molar-refractivity contribution in [1.29, 1.82) is 0 Å². The van der Waals surface area contributed by atoms with E-state index in [1.807, 2.05) is 0 Å². The fraction of sp³-hybridized carbons (Fsp3) is 0.520. The highest BCUT2D eigenvalue weighted by Gasteiger charge is 2.07. The lowest BCUT2D eigenvalue weighted by Crippen LogP contribution is -2.00. The molecule has 0 N–H and O–H groups in total. The van der Waals surface area contributed by atoms with Gasteiger partial charge in [0.1, 0.15) is 0 Å². The van der Waals surface area contributed by atoms with Gasteiger partial charge >= 0.3 is 0 Å². The van der Waals surface area contributed by atoms with E-state index in [4.69, 9.17) is 0 Å². The fourth-order valence-corrected chi connectivity index (χ4v) is 3.64. The Kier molecular flexibility index (Phi) is 9.41. The summed E-state index contributed by atoms with van der Waals surface area (Å²) in [5.41, 5.74) is 6.17. The van der Waals surface area contributed by atoms with Crippen LogP contribution in [0.5, 0.6) is 0 Å². The number of rotatable bonds is 12. The third kappa shape index (κ3) is 7.06. The van der Waals surface area contributed by atoms with Crippen LogP contribution in [-0.2, 0) is 19.3 Å². The number of aryl methyl sites for hydroxylation is 2. The predicted molar refractivity (Wildman–Crippen MR) is 111 cm³/mol. The standard InChI is InChI=1S/C25H36/c1-3-5-7-9-15-22-17-11-13-19-24(22)21-25-20-14-12-18-23(25)16-10-8-6-4-2/h11-14,17-20H,3-10,15-16,21H2,1-2H3. The van der Waals surface area contributed by atoms with Gasteiger partial charge in [-0.2, -0.15) is 0 Å². The third-order valence-corrected chi connectivity index (χ3v) is 5.22. The molecule has 0 fully saturated rings. The molecule has 0 bridgehead atoms. The second-order valence-corrected chi connectivity index (χ2v) is 7.34. The molecular formula is C25H36. The van der Waals surface area contributed by atoms with Gasteiger partial charge in [-0.25, -0.2) is 0 Å². The van der Waals surface area contributed by atoms with E-state index in [1.54, 1.807) is 11.1 Å². The molecule has 0 saturated heterocycles. The first-order valence-electron chi connectivity index (χ1n) is 10.5. The summed E-state index contributed by atoms with van der Waals surface area (Å²) in [5, 5.41) is 0. The van der Waals surface area contributed by atoms with E-state index >= 15 is 0 Å². The lowest BCUT2D eigenvalue weighted by molar-refractivity contribution is 0.663. The summed E-state index contributed by atoms with van der Waals surface area (Å²) >= 11 is 0. The molecule has 0 heterocycles. The molecule has 2 aromatic rings. The van der Waals surface area contributed by atoms with Crippen LogP contribution >= 0.6 is 0 Å². The summed E-state index contributed by atoms with van der Waals surface area (Å²) in [5.74, 6) is 0. The highest BCUT2D eigenvalue weighted by Crippen LogP contribution is 2.21. The molecular weight excluding hydrogens is 300 g/mol. The normalized spacial score (nSPS) is 11.0. The van der Waals surface area contributed by atoms with Gasteiger partial charge in [-0.3, -0.25) is 0 Å². The molecule has 0 amide bonds. The first kappa shape index (κ1) is 19.8. The molecule has 0 heteroatoms. The van der Waals surface area contributed by atoms with E-state index in [9.17, 15) is 0 Å². The molecule has 0 spiro atoms. The Hall–Kier alpha value is -1.56. The highest BCUT2D eigenvalue weighted by atomic mass is 14.1. The van der Waals surface area contributed by atoms with Crippen LogP contribution in [0.25, 0.3) is 0 Å². The molecule has 0 aliphatic heterocycles. The van der Waals surface area contributed by atoms with E-state index in [0.29, 0.717) is 0 Å². The quantitative estimate of drug-likeness (QED) is 0.351. The predicted octanol–water partition coefficient (Wildman–Crippen LogP) is 7.52. The van der Waals surface area contributed by atoms with Crippen LogP contribution in [0.3, 0.4) is 0 Å². The Morgan fingerprint density at radius 3 is 1.28 bits per heavy atom. The van der Waals surface area contributed by atoms with Crippen molar-refractivity contribution < 1.29 is 0 Å². The maximum Gasteiger partial charge on any atom is -0.00203 e. The van der Waals surface area contributed by atoms with E-state index < -0.39 is 0 Å². The first-order chi connectivity index (χ1) is 12.3. The van der Waals surface area contributed by atoms with Crippen molar-refractivity contribution >= 4 is 0 Å². The van der Waals surface area contributed by atoms with Gasteiger partial charge in [0.2, 0.25) is 0 Å². The summed E-state index contributed by atoms with van der Waals surface area (Å²) in [6, 6.07) is 18.2. The minimum Gasteiger partial charge on any atom is -0.0654 e. The molecule has 0 nitrogen and oxygen atoms in total. The van der Waals surface area contributed by atoms with Gasteiger partial charge in [-0.1, -0.05) is 101 Å². The smallest absolute Gasteiger partial charge is 0.00203 e. The van der Waals surface area contributed by atoms with Crippen molar-refractivity contribution in [1.82, 2.24) is 0 Å². The zero-order valence-electron chi connectivity index (χ0n) is 16.4. The molecule has 0 atom stereocenters. The Bertz CT molecular complexity index is 543. The third-order valence-electron chi connectivity index (χ3n) is 5.22. The number of benzene rings is 2. The number of hydrogen-bond donors (Lipinski definition) is 0. The van der Waals surface area contributed by atoms with E-state index in [2.05, 4.69) is 62.4 Å². The largest absolute Gasteiger partial charge is 0.0654 e. The summed E-state index contributed by atoms with van der Waals surface area (Å²) in [6.07, 6.45) is 14.3. The van der Waals surface area contributed by atoms with Crippen LogP contribution in [0, 0.1) is 0 Å². The van der Waals surface area contributed by atoms with Crippen molar-refractivity contribution in [3.05, 3.63) is 70.8 Å².